The molecule has 1 saturated heterocycles. The average molecular weight is 401 g/mol. The van der Waals surface area contributed by atoms with Crippen molar-refractivity contribution in [3.05, 3.63) is 42.9 Å². The molecule has 0 spiro atoms. The van der Waals surface area contributed by atoms with Crippen LogP contribution < -0.4 is 5.32 Å². The Kier molecular flexibility index (Phi) is 5.27. The van der Waals surface area contributed by atoms with Crippen molar-refractivity contribution in [2.24, 2.45) is 0 Å². The molecule has 0 atom stereocenters. The number of nitrogens with one attached hydrogen (secondary N) is 1. The lowest BCUT2D eigenvalue weighted by atomic mass is 10.1. The van der Waals surface area contributed by atoms with E-state index in [1.807, 2.05) is 35.0 Å². The first-order valence-corrected chi connectivity index (χ1v) is 11.5. The van der Waals surface area contributed by atoms with Gasteiger partial charge in [-0.15, -0.1) is 0 Å². The third-order valence-electron chi connectivity index (χ3n) is 5.07. The van der Waals surface area contributed by atoms with Gasteiger partial charge in [-0.05, 0) is 25.0 Å². The van der Waals surface area contributed by atoms with Gasteiger partial charge in [0.25, 0.3) is 0 Å². The van der Waals surface area contributed by atoms with Crippen molar-refractivity contribution < 1.29 is 8.42 Å². The summed E-state index contributed by atoms with van der Waals surface area (Å²) < 4.78 is 24.5. The number of piperidine rings is 1. The van der Waals surface area contributed by atoms with E-state index in [9.17, 15) is 8.42 Å². The zero-order chi connectivity index (χ0) is 19.6. The van der Waals surface area contributed by atoms with Gasteiger partial charge in [-0.1, -0.05) is 18.2 Å². The maximum absolute atomic E-state index is 11.3. The quantitative estimate of drug-likeness (QED) is 0.674. The van der Waals surface area contributed by atoms with Crippen LogP contribution in [0, 0.1) is 0 Å². The van der Waals surface area contributed by atoms with E-state index in [2.05, 4.69) is 25.3 Å². The number of benzene rings is 1. The smallest absolute Gasteiger partial charge is 0.168 e. The van der Waals surface area contributed by atoms with Crippen molar-refractivity contribution in [2.75, 3.05) is 37.0 Å². The second-order valence-electron chi connectivity index (χ2n) is 7.24. The molecule has 0 radical (unpaired) electrons. The predicted octanol–water partition coefficient (Wildman–Crippen LogP) is 1.74. The maximum atomic E-state index is 11.3. The van der Waals surface area contributed by atoms with E-state index in [1.165, 1.54) is 6.26 Å². The van der Waals surface area contributed by atoms with Crippen molar-refractivity contribution >= 4 is 26.7 Å². The molecule has 4 rings (SSSR count). The van der Waals surface area contributed by atoms with Crippen LogP contribution in [0.1, 0.15) is 12.8 Å². The van der Waals surface area contributed by atoms with Gasteiger partial charge in [-0.3, -0.25) is 0 Å². The van der Waals surface area contributed by atoms with Crippen LogP contribution in [0.5, 0.6) is 0 Å². The van der Waals surface area contributed by atoms with E-state index < -0.39 is 9.84 Å². The lowest BCUT2D eigenvalue weighted by molar-refractivity contribution is 0.230. The number of sulfone groups is 1. The normalized spacial score (nSPS) is 16.5. The summed E-state index contributed by atoms with van der Waals surface area (Å²) >= 11 is 0. The van der Waals surface area contributed by atoms with Crippen molar-refractivity contribution in [3.8, 4) is 5.69 Å². The number of anilines is 1. The molecule has 1 fully saturated rings. The highest BCUT2D eigenvalue weighted by Crippen LogP contribution is 2.24. The first-order chi connectivity index (χ1) is 13.5. The lowest BCUT2D eigenvalue weighted by Crippen LogP contribution is -2.41. The third kappa shape index (κ3) is 4.31. The zero-order valence-electron chi connectivity index (χ0n) is 15.8. The molecule has 8 nitrogen and oxygen atoms in total. The number of hydrogen-bond acceptors (Lipinski definition) is 7. The van der Waals surface area contributed by atoms with Gasteiger partial charge in [0.15, 0.2) is 5.65 Å². The Balaban J connectivity index is 1.44. The van der Waals surface area contributed by atoms with Gasteiger partial charge >= 0.3 is 0 Å². The van der Waals surface area contributed by atoms with E-state index in [4.69, 9.17) is 0 Å². The first-order valence-electron chi connectivity index (χ1n) is 9.40. The number of fused-ring (bicyclic) bond motifs is 1. The first kappa shape index (κ1) is 18.8. The van der Waals surface area contributed by atoms with Gasteiger partial charge in [0.2, 0.25) is 0 Å². The molecule has 148 valence electrons. The van der Waals surface area contributed by atoms with Gasteiger partial charge in [0, 0.05) is 31.9 Å². The highest BCUT2D eigenvalue weighted by Gasteiger charge is 2.21. The SMILES string of the molecule is CS(=O)(=O)CCN1CCC(Nc2ncnc3c2cnn3-c2ccccc2)CC1. The Labute approximate surface area is 164 Å². The molecule has 9 heteroatoms. The highest BCUT2D eigenvalue weighted by atomic mass is 32.2. The molecule has 0 amide bonds. The van der Waals surface area contributed by atoms with Crippen LogP contribution in [0.25, 0.3) is 16.7 Å². The molecule has 0 aliphatic carbocycles. The van der Waals surface area contributed by atoms with Crippen LogP contribution in [0.15, 0.2) is 42.9 Å². The third-order valence-corrected chi connectivity index (χ3v) is 6.00. The lowest BCUT2D eigenvalue weighted by Gasteiger charge is -2.32. The Morgan fingerprint density at radius 3 is 2.61 bits per heavy atom. The number of rotatable bonds is 6. The molecule has 1 N–H and O–H groups in total. The number of para-hydroxylation sites is 1. The molecule has 1 aromatic carbocycles. The molecule has 28 heavy (non-hydrogen) atoms. The molecule has 0 unspecified atom stereocenters. The number of nitrogens with zero attached hydrogens (tertiary/aromatic N) is 5. The second-order valence-corrected chi connectivity index (χ2v) is 9.50. The standard InChI is InChI=1S/C19H24N6O2S/c1-28(26,27)12-11-24-9-7-15(8-10-24)23-18-17-13-22-25(19(17)21-14-20-18)16-5-3-2-4-6-16/h2-6,13-15H,7-12H2,1H3,(H,20,21,23). The molecular weight excluding hydrogens is 376 g/mol. The van der Waals surface area contributed by atoms with E-state index >= 15 is 0 Å². The Bertz CT molecular complexity index is 1040. The number of aromatic nitrogens is 4. The minimum absolute atomic E-state index is 0.219. The van der Waals surface area contributed by atoms with Crippen LogP contribution in [-0.4, -0.2) is 70.8 Å². The van der Waals surface area contributed by atoms with E-state index in [0.29, 0.717) is 12.6 Å². The Morgan fingerprint density at radius 1 is 1.14 bits per heavy atom. The van der Waals surface area contributed by atoms with Gasteiger partial charge in [-0.25, -0.2) is 23.1 Å². The summed E-state index contributed by atoms with van der Waals surface area (Å²) in [5, 5.41) is 8.91. The Morgan fingerprint density at radius 2 is 1.89 bits per heavy atom. The predicted molar refractivity (Wildman–Crippen MR) is 109 cm³/mol. The highest BCUT2D eigenvalue weighted by molar-refractivity contribution is 7.90. The molecule has 0 bridgehead atoms. The molecule has 3 heterocycles. The molecular formula is C19H24N6O2S. The zero-order valence-corrected chi connectivity index (χ0v) is 16.6. The fourth-order valence-corrected chi connectivity index (χ4v) is 4.10. The van der Waals surface area contributed by atoms with Crippen LogP contribution in [0.2, 0.25) is 0 Å². The summed E-state index contributed by atoms with van der Waals surface area (Å²) in [7, 11) is -2.91. The minimum atomic E-state index is -2.91. The average Bonchev–Trinajstić information content (AvgIpc) is 3.13. The van der Waals surface area contributed by atoms with E-state index in [-0.39, 0.29) is 5.75 Å². The summed E-state index contributed by atoms with van der Waals surface area (Å²) in [5.41, 5.74) is 1.73. The van der Waals surface area contributed by atoms with E-state index in [1.54, 1.807) is 12.5 Å². The van der Waals surface area contributed by atoms with E-state index in [0.717, 1.165) is 48.5 Å². The van der Waals surface area contributed by atoms with Crippen molar-refractivity contribution in [1.82, 2.24) is 24.6 Å². The van der Waals surface area contributed by atoms with Gasteiger partial charge in [-0.2, -0.15) is 5.10 Å². The van der Waals surface area contributed by atoms with Crippen LogP contribution in [0.4, 0.5) is 5.82 Å². The van der Waals surface area contributed by atoms with Crippen LogP contribution in [-0.2, 0) is 9.84 Å². The summed E-state index contributed by atoms with van der Waals surface area (Å²) in [6.07, 6.45) is 6.54. The van der Waals surface area contributed by atoms with Gasteiger partial charge in [0.1, 0.15) is 22.0 Å². The Hall–Kier alpha value is -2.52. The second kappa shape index (κ2) is 7.84. The molecule has 3 aromatic rings. The summed E-state index contributed by atoms with van der Waals surface area (Å²) in [5.74, 6) is 1.01. The van der Waals surface area contributed by atoms with Crippen LogP contribution in [0.3, 0.4) is 0 Å². The molecule has 1 aliphatic rings. The summed E-state index contributed by atoms with van der Waals surface area (Å²) in [6, 6.07) is 10.2. The monoisotopic (exact) mass is 400 g/mol. The van der Waals surface area contributed by atoms with Crippen molar-refractivity contribution in [2.45, 2.75) is 18.9 Å². The number of likely N-dealkylation sites (tertiary alicyclic amines) is 1. The fourth-order valence-electron chi connectivity index (χ4n) is 3.51. The fraction of sp³-hybridized carbons (Fsp3) is 0.421. The molecule has 2 aromatic heterocycles. The summed E-state index contributed by atoms with van der Waals surface area (Å²) in [6.45, 7) is 2.36. The maximum Gasteiger partial charge on any atom is 0.168 e. The largest absolute Gasteiger partial charge is 0.367 e. The van der Waals surface area contributed by atoms with Crippen LogP contribution >= 0.6 is 0 Å². The van der Waals surface area contributed by atoms with Crippen molar-refractivity contribution in [1.29, 1.82) is 0 Å². The van der Waals surface area contributed by atoms with Crippen molar-refractivity contribution in [3.63, 3.8) is 0 Å². The summed E-state index contributed by atoms with van der Waals surface area (Å²) in [4.78, 5) is 11.1. The van der Waals surface area contributed by atoms with Gasteiger partial charge in [0.05, 0.1) is 23.0 Å². The molecule has 0 saturated carbocycles. The number of hydrogen-bond donors (Lipinski definition) is 1. The topological polar surface area (TPSA) is 93.0 Å². The van der Waals surface area contributed by atoms with Gasteiger partial charge < -0.3 is 10.2 Å². The molecule has 1 aliphatic heterocycles. The minimum Gasteiger partial charge on any atom is -0.367 e.